The molecule has 0 aliphatic rings. The first kappa shape index (κ1) is 9.51. The number of nitrogens with zero attached hydrogens (tertiary/aromatic N) is 1. The Morgan fingerprint density at radius 2 is 2.46 bits per heavy atom. The van der Waals surface area contributed by atoms with Crippen LogP contribution >= 0.6 is 0 Å². The van der Waals surface area contributed by atoms with Crippen LogP contribution in [0.3, 0.4) is 0 Å². The third kappa shape index (κ3) is 3.11. The first-order chi connectivity index (χ1) is 6.20. The summed E-state index contributed by atoms with van der Waals surface area (Å²) in [7, 11) is 0. The number of rotatable bonds is 3. The van der Waals surface area contributed by atoms with Crippen molar-refractivity contribution in [1.29, 1.82) is 0 Å². The van der Waals surface area contributed by atoms with Gasteiger partial charge in [-0.25, -0.2) is 5.43 Å². The van der Waals surface area contributed by atoms with Crippen LogP contribution in [0.5, 0.6) is 0 Å². The van der Waals surface area contributed by atoms with Crippen molar-refractivity contribution in [3.63, 3.8) is 0 Å². The Hall–Kier alpha value is -1.58. The topological polar surface area (TPSA) is 54.6 Å². The van der Waals surface area contributed by atoms with Crippen LogP contribution in [0.15, 0.2) is 27.9 Å². The molecule has 0 bridgehead atoms. The lowest BCUT2D eigenvalue weighted by molar-refractivity contribution is -0.123. The number of hydrogen-bond acceptors (Lipinski definition) is 3. The van der Waals surface area contributed by atoms with Gasteiger partial charge in [0.15, 0.2) is 0 Å². The van der Waals surface area contributed by atoms with Gasteiger partial charge in [0, 0.05) is 5.92 Å². The minimum absolute atomic E-state index is 0.0613. The van der Waals surface area contributed by atoms with E-state index in [0.29, 0.717) is 5.76 Å². The maximum Gasteiger partial charge on any atom is 0.242 e. The third-order valence-electron chi connectivity index (χ3n) is 1.43. The molecule has 0 aliphatic carbocycles. The van der Waals surface area contributed by atoms with Crippen LogP contribution in [0.4, 0.5) is 0 Å². The summed E-state index contributed by atoms with van der Waals surface area (Å²) in [5, 5.41) is 3.72. The van der Waals surface area contributed by atoms with Gasteiger partial charge in [0.05, 0.1) is 12.5 Å². The molecule has 4 nitrogen and oxygen atoms in total. The first-order valence-electron chi connectivity index (χ1n) is 4.06. The molecule has 0 spiro atoms. The second-order valence-electron chi connectivity index (χ2n) is 2.90. The van der Waals surface area contributed by atoms with Gasteiger partial charge in [-0.15, -0.1) is 0 Å². The normalized spacial score (nSPS) is 11.0. The quantitative estimate of drug-likeness (QED) is 0.564. The minimum Gasteiger partial charge on any atom is -0.463 e. The Morgan fingerprint density at radius 1 is 1.69 bits per heavy atom. The maximum absolute atomic E-state index is 11.0. The van der Waals surface area contributed by atoms with Crippen molar-refractivity contribution in [2.24, 2.45) is 11.0 Å². The summed E-state index contributed by atoms with van der Waals surface area (Å²) in [6.07, 6.45) is 3.01. The van der Waals surface area contributed by atoms with Crippen molar-refractivity contribution >= 4 is 12.1 Å². The van der Waals surface area contributed by atoms with Gasteiger partial charge in [0.1, 0.15) is 5.76 Å². The number of hydrogen-bond donors (Lipinski definition) is 1. The Bertz CT molecular complexity index is 289. The molecule has 0 saturated heterocycles. The van der Waals surface area contributed by atoms with Gasteiger partial charge in [0.25, 0.3) is 0 Å². The highest BCUT2D eigenvalue weighted by Crippen LogP contribution is 1.95. The largest absolute Gasteiger partial charge is 0.463 e. The van der Waals surface area contributed by atoms with E-state index in [1.54, 1.807) is 32.2 Å². The van der Waals surface area contributed by atoms with Crippen molar-refractivity contribution in [3.05, 3.63) is 24.2 Å². The molecule has 1 aromatic rings. The van der Waals surface area contributed by atoms with E-state index in [4.69, 9.17) is 4.42 Å². The fraction of sp³-hybridized carbons (Fsp3) is 0.333. The van der Waals surface area contributed by atoms with E-state index in [9.17, 15) is 4.79 Å². The fourth-order valence-electron chi connectivity index (χ4n) is 0.653. The number of hydrazone groups is 1. The monoisotopic (exact) mass is 180 g/mol. The highest BCUT2D eigenvalue weighted by atomic mass is 16.3. The van der Waals surface area contributed by atoms with Crippen LogP contribution in [0, 0.1) is 5.92 Å². The molecule has 0 saturated carbocycles. The molecule has 1 aromatic heterocycles. The number of amides is 1. The summed E-state index contributed by atoms with van der Waals surface area (Å²) in [6.45, 7) is 3.61. The van der Waals surface area contributed by atoms with Crippen LogP contribution in [-0.4, -0.2) is 12.1 Å². The molecule has 0 radical (unpaired) electrons. The zero-order valence-corrected chi connectivity index (χ0v) is 7.65. The van der Waals surface area contributed by atoms with E-state index in [2.05, 4.69) is 10.5 Å². The van der Waals surface area contributed by atoms with Crippen molar-refractivity contribution < 1.29 is 9.21 Å². The molecule has 0 aromatic carbocycles. The van der Waals surface area contributed by atoms with E-state index in [0.717, 1.165) is 0 Å². The van der Waals surface area contributed by atoms with Crippen LogP contribution in [0.2, 0.25) is 0 Å². The van der Waals surface area contributed by atoms with Crippen LogP contribution in [-0.2, 0) is 4.79 Å². The van der Waals surface area contributed by atoms with Crippen molar-refractivity contribution in [2.45, 2.75) is 13.8 Å². The lowest BCUT2D eigenvalue weighted by Gasteiger charge is -2.00. The number of nitrogens with one attached hydrogen (secondary N) is 1. The van der Waals surface area contributed by atoms with Crippen molar-refractivity contribution in [1.82, 2.24) is 5.43 Å². The molecular weight excluding hydrogens is 168 g/mol. The molecule has 13 heavy (non-hydrogen) atoms. The average molecular weight is 180 g/mol. The predicted octanol–water partition coefficient (Wildman–Crippen LogP) is 1.39. The van der Waals surface area contributed by atoms with E-state index >= 15 is 0 Å². The van der Waals surface area contributed by atoms with E-state index in [-0.39, 0.29) is 11.8 Å². The highest BCUT2D eigenvalue weighted by molar-refractivity contribution is 5.81. The molecule has 0 fully saturated rings. The molecule has 1 heterocycles. The molecular formula is C9H12N2O2. The van der Waals surface area contributed by atoms with Crippen LogP contribution in [0.1, 0.15) is 19.6 Å². The van der Waals surface area contributed by atoms with Gasteiger partial charge in [-0.1, -0.05) is 13.8 Å². The fourth-order valence-corrected chi connectivity index (χ4v) is 0.653. The number of carbonyl (C=O) groups excluding carboxylic acids is 1. The Balaban J connectivity index is 2.39. The van der Waals surface area contributed by atoms with Crippen LogP contribution in [0.25, 0.3) is 0 Å². The Morgan fingerprint density at radius 3 is 3.00 bits per heavy atom. The van der Waals surface area contributed by atoms with E-state index < -0.39 is 0 Å². The van der Waals surface area contributed by atoms with Gasteiger partial charge in [-0.3, -0.25) is 4.79 Å². The molecule has 1 rings (SSSR count). The van der Waals surface area contributed by atoms with Crippen molar-refractivity contribution in [2.75, 3.05) is 0 Å². The lowest BCUT2D eigenvalue weighted by atomic mass is 10.2. The predicted molar refractivity (Wildman–Crippen MR) is 49.3 cm³/mol. The number of furan rings is 1. The van der Waals surface area contributed by atoms with Crippen LogP contribution < -0.4 is 5.43 Å². The summed E-state index contributed by atoms with van der Waals surface area (Å²) >= 11 is 0. The minimum atomic E-state index is -0.109. The molecule has 70 valence electrons. The van der Waals surface area contributed by atoms with Gasteiger partial charge >= 0.3 is 0 Å². The summed E-state index contributed by atoms with van der Waals surface area (Å²) in [5.74, 6) is 0.445. The standard InChI is InChI=1S/C9H12N2O2/c1-7(2)9(12)11-10-6-8-4-3-5-13-8/h3-7H,1-2H3,(H,11,12)/b10-6+. The number of carbonyl (C=O) groups is 1. The second kappa shape index (κ2) is 4.45. The zero-order chi connectivity index (χ0) is 9.68. The summed E-state index contributed by atoms with van der Waals surface area (Å²) in [4.78, 5) is 11.0. The zero-order valence-electron chi connectivity index (χ0n) is 7.65. The van der Waals surface area contributed by atoms with Gasteiger partial charge in [0.2, 0.25) is 5.91 Å². The van der Waals surface area contributed by atoms with Gasteiger partial charge in [-0.05, 0) is 12.1 Å². The molecule has 0 unspecified atom stereocenters. The summed E-state index contributed by atoms with van der Waals surface area (Å²) in [5.41, 5.74) is 2.39. The molecule has 4 heteroatoms. The molecule has 1 N–H and O–H groups in total. The molecule has 0 atom stereocenters. The Labute approximate surface area is 76.6 Å². The van der Waals surface area contributed by atoms with Gasteiger partial charge in [-0.2, -0.15) is 5.10 Å². The molecule has 0 aliphatic heterocycles. The average Bonchev–Trinajstić information content (AvgIpc) is 2.56. The second-order valence-corrected chi connectivity index (χ2v) is 2.90. The first-order valence-corrected chi connectivity index (χ1v) is 4.06. The van der Waals surface area contributed by atoms with Crippen molar-refractivity contribution in [3.8, 4) is 0 Å². The summed E-state index contributed by atoms with van der Waals surface area (Å²) < 4.78 is 4.98. The highest BCUT2D eigenvalue weighted by Gasteiger charge is 2.03. The van der Waals surface area contributed by atoms with Gasteiger partial charge < -0.3 is 4.42 Å². The maximum atomic E-state index is 11.0. The van der Waals surface area contributed by atoms with E-state index in [1.165, 1.54) is 6.21 Å². The SMILES string of the molecule is CC(C)C(=O)N/N=C/c1ccco1. The lowest BCUT2D eigenvalue weighted by Crippen LogP contribution is -2.22. The molecule has 1 amide bonds. The van der Waals surface area contributed by atoms with E-state index in [1.807, 2.05) is 0 Å². The smallest absolute Gasteiger partial charge is 0.242 e. The Kier molecular flexibility index (Phi) is 3.25. The summed E-state index contributed by atoms with van der Waals surface area (Å²) in [6, 6.07) is 3.51. The third-order valence-corrected chi connectivity index (χ3v) is 1.43.